The second-order valence-corrected chi connectivity index (χ2v) is 4.76. The molecule has 2 aromatic heterocycles. The summed E-state index contributed by atoms with van der Waals surface area (Å²) in [5.74, 6) is 0.415. The Morgan fingerprint density at radius 2 is 2.16 bits per heavy atom. The van der Waals surface area contributed by atoms with Crippen molar-refractivity contribution in [2.75, 3.05) is 5.73 Å². The van der Waals surface area contributed by atoms with Crippen molar-refractivity contribution in [3.63, 3.8) is 0 Å². The first-order chi connectivity index (χ1) is 9.19. The van der Waals surface area contributed by atoms with E-state index in [2.05, 4.69) is 29.0 Å². The number of aryl methyl sites for hydroxylation is 1. The van der Waals surface area contributed by atoms with Gasteiger partial charge >= 0.3 is 0 Å². The van der Waals surface area contributed by atoms with E-state index in [1.54, 1.807) is 12.3 Å². The second-order valence-electron chi connectivity index (χ2n) is 4.33. The summed E-state index contributed by atoms with van der Waals surface area (Å²) in [5, 5.41) is 0.555. The Morgan fingerprint density at radius 1 is 1.32 bits per heavy atom. The van der Waals surface area contributed by atoms with Crippen molar-refractivity contribution in [2.24, 2.45) is 0 Å². The number of anilines is 1. The van der Waals surface area contributed by atoms with Crippen LogP contribution in [0.15, 0.2) is 36.5 Å². The first-order valence-electron chi connectivity index (χ1n) is 6.08. The fraction of sp³-hybridized carbons (Fsp3) is 0.143. The fourth-order valence-electron chi connectivity index (χ4n) is 2.13. The van der Waals surface area contributed by atoms with Gasteiger partial charge in [0.25, 0.3) is 0 Å². The van der Waals surface area contributed by atoms with Crippen molar-refractivity contribution >= 4 is 28.7 Å². The molecule has 0 saturated carbocycles. The van der Waals surface area contributed by atoms with Gasteiger partial charge in [0.05, 0.1) is 10.7 Å². The molecule has 0 spiro atoms. The lowest BCUT2D eigenvalue weighted by atomic mass is 10.1. The fourth-order valence-corrected chi connectivity index (χ4v) is 2.28. The zero-order valence-electron chi connectivity index (χ0n) is 10.5. The molecule has 0 radical (unpaired) electrons. The molecule has 0 aliphatic carbocycles. The van der Waals surface area contributed by atoms with Crippen molar-refractivity contribution in [1.29, 1.82) is 0 Å². The van der Waals surface area contributed by atoms with E-state index in [1.807, 2.05) is 16.7 Å². The summed E-state index contributed by atoms with van der Waals surface area (Å²) in [7, 11) is 0. The van der Waals surface area contributed by atoms with Gasteiger partial charge < -0.3 is 5.73 Å². The van der Waals surface area contributed by atoms with Gasteiger partial charge in [-0.15, -0.1) is 0 Å². The molecule has 0 bridgehead atoms. The highest BCUT2D eigenvalue weighted by Gasteiger charge is 2.11. The van der Waals surface area contributed by atoms with Gasteiger partial charge in [0.1, 0.15) is 5.52 Å². The standard InChI is InChI=1S/C14H13ClN4/c1-2-9-4-3-5-11(6-9)19-13-12(18-14(19)16)7-10(15)8-17-13/h3-8H,2H2,1H3,(H2,16,18). The van der Waals surface area contributed by atoms with E-state index in [9.17, 15) is 0 Å². The Kier molecular flexibility index (Phi) is 2.87. The normalized spacial score (nSPS) is 11.1. The van der Waals surface area contributed by atoms with Crippen LogP contribution in [-0.4, -0.2) is 14.5 Å². The van der Waals surface area contributed by atoms with Crippen LogP contribution in [-0.2, 0) is 6.42 Å². The molecule has 3 rings (SSSR count). The molecule has 0 aliphatic heterocycles. The van der Waals surface area contributed by atoms with E-state index in [4.69, 9.17) is 17.3 Å². The molecule has 0 amide bonds. The molecule has 0 fully saturated rings. The van der Waals surface area contributed by atoms with Gasteiger partial charge in [-0.1, -0.05) is 30.7 Å². The monoisotopic (exact) mass is 272 g/mol. The van der Waals surface area contributed by atoms with Gasteiger partial charge in [0.15, 0.2) is 5.65 Å². The Morgan fingerprint density at radius 3 is 2.95 bits per heavy atom. The summed E-state index contributed by atoms with van der Waals surface area (Å²) >= 11 is 5.92. The number of nitrogens with zero attached hydrogens (tertiary/aromatic N) is 3. The molecule has 96 valence electrons. The lowest BCUT2D eigenvalue weighted by molar-refractivity contribution is 1.06. The topological polar surface area (TPSA) is 56.7 Å². The molecule has 0 aliphatic rings. The van der Waals surface area contributed by atoms with E-state index >= 15 is 0 Å². The number of aromatic nitrogens is 3. The Bertz CT molecular complexity index is 748. The van der Waals surface area contributed by atoms with Gasteiger partial charge in [0, 0.05) is 6.20 Å². The summed E-state index contributed by atoms with van der Waals surface area (Å²) in [6, 6.07) is 9.94. The van der Waals surface area contributed by atoms with Crippen LogP contribution in [0.3, 0.4) is 0 Å². The third kappa shape index (κ3) is 2.04. The number of hydrogen-bond acceptors (Lipinski definition) is 3. The van der Waals surface area contributed by atoms with Gasteiger partial charge in [0.2, 0.25) is 5.95 Å². The molecule has 1 aromatic carbocycles. The van der Waals surface area contributed by atoms with E-state index in [0.29, 0.717) is 16.5 Å². The number of nitrogen functional groups attached to an aromatic ring is 1. The number of halogens is 1. The molecule has 0 atom stereocenters. The SMILES string of the molecule is CCc1cccc(-n2c(N)nc3cc(Cl)cnc32)c1. The molecule has 0 saturated heterocycles. The molecule has 5 heteroatoms. The van der Waals surface area contributed by atoms with Crippen molar-refractivity contribution < 1.29 is 0 Å². The molecule has 3 aromatic rings. The van der Waals surface area contributed by atoms with Gasteiger partial charge in [-0.25, -0.2) is 9.97 Å². The van der Waals surface area contributed by atoms with Crippen LogP contribution in [0.4, 0.5) is 5.95 Å². The van der Waals surface area contributed by atoms with Crippen LogP contribution < -0.4 is 5.73 Å². The number of hydrogen-bond donors (Lipinski definition) is 1. The van der Waals surface area contributed by atoms with Gasteiger partial charge in [-0.3, -0.25) is 4.57 Å². The number of nitrogens with two attached hydrogens (primary N) is 1. The first kappa shape index (κ1) is 12.0. The Balaban J connectivity index is 2.26. The summed E-state index contributed by atoms with van der Waals surface area (Å²) in [4.78, 5) is 8.62. The predicted octanol–water partition coefficient (Wildman–Crippen LogP) is 3.22. The maximum atomic E-state index is 6.00. The molecule has 0 unspecified atom stereocenters. The highest BCUT2D eigenvalue weighted by molar-refractivity contribution is 6.31. The maximum absolute atomic E-state index is 6.00. The Labute approximate surface area is 115 Å². The number of rotatable bonds is 2. The minimum absolute atomic E-state index is 0.415. The molecule has 2 heterocycles. The summed E-state index contributed by atoms with van der Waals surface area (Å²) in [6.45, 7) is 2.12. The minimum Gasteiger partial charge on any atom is -0.369 e. The van der Waals surface area contributed by atoms with Crippen molar-refractivity contribution in [3.05, 3.63) is 47.1 Å². The highest BCUT2D eigenvalue weighted by Crippen LogP contribution is 2.24. The van der Waals surface area contributed by atoms with E-state index in [0.717, 1.165) is 17.8 Å². The highest BCUT2D eigenvalue weighted by atomic mass is 35.5. The van der Waals surface area contributed by atoms with Gasteiger partial charge in [-0.2, -0.15) is 0 Å². The van der Waals surface area contributed by atoms with Crippen LogP contribution in [0.1, 0.15) is 12.5 Å². The summed E-state index contributed by atoms with van der Waals surface area (Å²) < 4.78 is 1.84. The predicted molar refractivity (Wildman–Crippen MR) is 77.7 cm³/mol. The lowest BCUT2D eigenvalue weighted by Gasteiger charge is -2.07. The lowest BCUT2D eigenvalue weighted by Crippen LogP contribution is -2.01. The maximum Gasteiger partial charge on any atom is 0.207 e. The largest absolute Gasteiger partial charge is 0.369 e. The number of imidazole rings is 1. The van der Waals surface area contributed by atoms with E-state index in [-0.39, 0.29) is 0 Å². The van der Waals surface area contributed by atoms with Crippen molar-refractivity contribution in [2.45, 2.75) is 13.3 Å². The van der Waals surface area contributed by atoms with E-state index < -0.39 is 0 Å². The third-order valence-corrected chi connectivity index (χ3v) is 3.27. The van der Waals surface area contributed by atoms with Crippen LogP contribution in [0.5, 0.6) is 0 Å². The van der Waals surface area contributed by atoms with Crippen LogP contribution in [0.25, 0.3) is 16.9 Å². The second kappa shape index (κ2) is 4.55. The number of pyridine rings is 1. The van der Waals surface area contributed by atoms with Crippen molar-refractivity contribution in [1.82, 2.24) is 14.5 Å². The van der Waals surface area contributed by atoms with Crippen molar-refractivity contribution in [3.8, 4) is 5.69 Å². The van der Waals surface area contributed by atoms with Gasteiger partial charge in [-0.05, 0) is 30.2 Å². The van der Waals surface area contributed by atoms with Crippen LogP contribution >= 0.6 is 11.6 Å². The number of benzene rings is 1. The molecule has 19 heavy (non-hydrogen) atoms. The average Bonchev–Trinajstić information content (AvgIpc) is 2.73. The average molecular weight is 273 g/mol. The first-order valence-corrected chi connectivity index (χ1v) is 6.45. The zero-order valence-corrected chi connectivity index (χ0v) is 11.2. The smallest absolute Gasteiger partial charge is 0.207 e. The summed E-state index contributed by atoms with van der Waals surface area (Å²) in [6.07, 6.45) is 2.57. The quantitative estimate of drug-likeness (QED) is 0.779. The summed E-state index contributed by atoms with van der Waals surface area (Å²) in [5.41, 5.74) is 9.62. The molecule has 4 nitrogen and oxygen atoms in total. The Hall–Kier alpha value is -2.07. The molecular formula is C14H13ClN4. The minimum atomic E-state index is 0.415. The molecule has 2 N–H and O–H groups in total. The van der Waals surface area contributed by atoms with Crippen LogP contribution in [0, 0.1) is 0 Å². The van der Waals surface area contributed by atoms with E-state index in [1.165, 1.54) is 5.56 Å². The van der Waals surface area contributed by atoms with Crippen LogP contribution in [0.2, 0.25) is 5.02 Å². The molecular weight excluding hydrogens is 260 g/mol. The number of fused-ring (bicyclic) bond motifs is 1. The zero-order chi connectivity index (χ0) is 13.4. The third-order valence-electron chi connectivity index (χ3n) is 3.07.